The molecule has 0 spiro atoms. The van der Waals surface area contributed by atoms with Gasteiger partial charge in [-0.05, 0) is 30.8 Å². The third-order valence-electron chi connectivity index (χ3n) is 4.13. The number of anilines is 1. The van der Waals surface area contributed by atoms with Crippen LogP contribution in [-0.4, -0.2) is 41.2 Å². The summed E-state index contributed by atoms with van der Waals surface area (Å²) in [6, 6.07) is 5.61. The van der Waals surface area contributed by atoms with Crippen LogP contribution in [0.25, 0.3) is 0 Å². The van der Waals surface area contributed by atoms with E-state index in [1.54, 1.807) is 0 Å². The number of nitro groups is 1. The first-order valence-corrected chi connectivity index (χ1v) is 9.43. The number of nitrogens with zero attached hydrogens (tertiary/aromatic N) is 1. The van der Waals surface area contributed by atoms with Gasteiger partial charge in [0.2, 0.25) is 5.91 Å². The molecule has 0 aromatic heterocycles. The monoisotopic (exact) mass is 409 g/mol. The summed E-state index contributed by atoms with van der Waals surface area (Å²) in [6.07, 6.45) is 2.05. The van der Waals surface area contributed by atoms with Crippen LogP contribution in [0.1, 0.15) is 32.6 Å². The Bertz CT molecular complexity index is 725. The van der Waals surface area contributed by atoms with E-state index in [-0.39, 0.29) is 23.3 Å². The van der Waals surface area contributed by atoms with Crippen LogP contribution in [0.3, 0.4) is 0 Å². The molecule has 28 heavy (non-hydrogen) atoms. The van der Waals surface area contributed by atoms with Crippen molar-refractivity contribution in [2.24, 2.45) is 5.92 Å². The molecule has 0 aliphatic carbocycles. The lowest BCUT2D eigenvalue weighted by atomic mass is 10.0. The van der Waals surface area contributed by atoms with Gasteiger partial charge in [-0.2, -0.15) is 0 Å². The fourth-order valence-corrected chi connectivity index (χ4v) is 2.91. The Morgan fingerprint density at radius 1 is 1.39 bits per heavy atom. The Morgan fingerprint density at radius 2 is 2.11 bits per heavy atom. The lowest BCUT2D eigenvalue weighted by Gasteiger charge is -2.11. The summed E-state index contributed by atoms with van der Waals surface area (Å²) in [5.74, 6) is -1.34. The summed E-state index contributed by atoms with van der Waals surface area (Å²) in [7, 11) is 0. The molecule has 1 aromatic rings. The van der Waals surface area contributed by atoms with Gasteiger partial charge in [0.05, 0.1) is 17.4 Å². The highest BCUT2D eigenvalue weighted by Gasteiger charge is 2.35. The van der Waals surface area contributed by atoms with E-state index in [0.717, 1.165) is 12.8 Å². The van der Waals surface area contributed by atoms with Gasteiger partial charge in [0.15, 0.2) is 5.11 Å². The minimum atomic E-state index is -0.526. The second-order valence-corrected chi connectivity index (χ2v) is 6.84. The quantitative estimate of drug-likeness (QED) is 0.210. The van der Waals surface area contributed by atoms with Crippen LogP contribution in [0.4, 0.5) is 11.4 Å². The van der Waals surface area contributed by atoms with Crippen molar-refractivity contribution in [1.82, 2.24) is 5.32 Å². The molecule has 0 bridgehead atoms. The largest absolute Gasteiger partial charge is 0.460 e. The summed E-state index contributed by atoms with van der Waals surface area (Å²) in [5.41, 5.74) is 0.453. The molecule has 1 fully saturated rings. The summed E-state index contributed by atoms with van der Waals surface area (Å²) in [5, 5.41) is 15.9. The molecule has 1 aromatic carbocycles. The van der Waals surface area contributed by atoms with E-state index in [9.17, 15) is 19.7 Å². The molecule has 1 aliphatic rings. The molecular weight excluding hydrogens is 386 g/mol. The minimum Gasteiger partial charge on any atom is -0.460 e. The molecule has 152 valence electrons. The number of rotatable bonds is 9. The molecule has 2 atom stereocenters. The molecule has 0 saturated carbocycles. The Kier molecular flexibility index (Phi) is 8.27. The van der Waals surface area contributed by atoms with E-state index in [0.29, 0.717) is 25.3 Å². The topological polar surface area (TPSA) is 120 Å². The highest BCUT2D eigenvalue weighted by Crippen LogP contribution is 2.24. The minimum absolute atomic E-state index is 0.0353. The van der Waals surface area contributed by atoms with E-state index in [4.69, 9.17) is 21.7 Å². The predicted molar refractivity (Wildman–Crippen MR) is 106 cm³/mol. The number of non-ortho nitro benzene ring substituents is 1. The van der Waals surface area contributed by atoms with Crippen molar-refractivity contribution < 1.29 is 24.0 Å². The highest BCUT2D eigenvalue weighted by molar-refractivity contribution is 7.80. The number of nitro benzene ring substituents is 1. The maximum atomic E-state index is 12.1. The number of unbranched alkanes of at least 4 members (excludes halogenated alkanes) is 1. The van der Waals surface area contributed by atoms with Gasteiger partial charge >= 0.3 is 5.97 Å². The number of esters is 1. The first kappa shape index (κ1) is 21.7. The molecule has 1 aliphatic heterocycles. The van der Waals surface area contributed by atoms with Crippen molar-refractivity contribution in [3.63, 3.8) is 0 Å². The van der Waals surface area contributed by atoms with Crippen LogP contribution in [0.15, 0.2) is 24.3 Å². The average Bonchev–Trinajstić information content (AvgIpc) is 2.98. The number of carbonyl (C=O) groups is 2. The zero-order valence-electron chi connectivity index (χ0n) is 15.5. The fourth-order valence-electron chi connectivity index (χ4n) is 2.68. The maximum absolute atomic E-state index is 12.1. The van der Waals surface area contributed by atoms with E-state index < -0.39 is 22.7 Å². The van der Waals surface area contributed by atoms with Crippen LogP contribution in [-0.2, 0) is 19.1 Å². The summed E-state index contributed by atoms with van der Waals surface area (Å²) >= 11 is 5.06. The summed E-state index contributed by atoms with van der Waals surface area (Å²) in [6.45, 7) is 3.02. The number of thiocarbonyl (C=S) groups is 1. The lowest BCUT2D eigenvalue weighted by molar-refractivity contribution is -0.384. The number of hydrogen-bond donors (Lipinski definition) is 2. The van der Waals surface area contributed by atoms with Crippen molar-refractivity contribution >= 4 is 40.6 Å². The van der Waals surface area contributed by atoms with Gasteiger partial charge in [0, 0.05) is 37.3 Å². The predicted octanol–water partition coefficient (Wildman–Crippen LogP) is 2.55. The standard InChI is InChI=1S/C18H23N3O6S/c1-2-3-8-26-11-15-9-12(17(23)27-15)10-16(22)20-18(28)19-13-4-6-14(7-5-13)21(24)25/h4-7,12,15H,2-3,8-11H2,1H3,(H2,19,20,22,28)/t12-,15-/m0/s1. The molecule has 1 saturated heterocycles. The molecule has 0 radical (unpaired) electrons. The highest BCUT2D eigenvalue weighted by atomic mass is 32.1. The number of hydrogen-bond acceptors (Lipinski definition) is 7. The first-order chi connectivity index (χ1) is 13.4. The Balaban J connectivity index is 1.74. The third kappa shape index (κ3) is 6.86. The lowest BCUT2D eigenvalue weighted by Crippen LogP contribution is -2.35. The smallest absolute Gasteiger partial charge is 0.309 e. The van der Waals surface area contributed by atoms with Gasteiger partial charge in [-0.25, -0.2) is 0 Å². The Morgan fingerprint density at radius 3 is 2.75 bits per heavy atom. The van der Waals surface area contributed by atoms with Crippen molar-refractivity contribution in [2.75, 3.05) is 18.5 Å². The Labute approximate surface area is 167 Å². The molecule has 9 nitrogen and oxygen atoms in total. The average molecular weight is 409 g/mol. The number of ether oxygens (including phenoxy) is 2. The van der Waals surface area contributed by atoms with Crippen molar-refractivity contribution in [1.29, 1.82) is 0 Å². The number of carbonyl (C=O) groups excluding carboxylic acids is 2. The number of cyclic esters (lactones) is 1. The van der Waals surface area contributed by atoms with Gasteiger partial charge < -0.3 is 20.1 Å². The molecule has 1 amide bonds. The normalized spacial score (nSPS) is 18.4. The molecule has 2 rings (SSSR count). The van der Waals surface area contributed by atoms with E-state index in [2.05, 4.69) is 17.6 Å². The van der Waals surface area contributed by atoms with Gasteiger partial charge in [0.1, 0.15) is 6.10 Å². The number of benzene rings is 1. The van der Waals surface area contributed by atoms with Crippen molar-refractivity contribution in [3.05, 3.63) is 34.4 Å². The molecule has 1 heterocycles. The summed E-state index contributed by atoms with van der Waals surface area (Å²) in [4.78, 5) is 34.2. The SMILES string of the molecule is CCCCOC[C@@H]1C[C@@H](CC(=O)NC(=S)Nc2ccc([N+](=O)[O-])cc2)C(=O)O1. The second-order valence-electron chi connectivity index (χ2n) is 6.43. The molecule has 0 unspecified atom stereocenters. The fraction of sp³-hybridized carbons (Fsp3) is 0.500. The van der Waals surface area contributed by atoms with Gasteiger partial charge in [-0.3, -0.25) is 19.7 Å². The summed E-state index contributed by atoms with van der Waals surface area (Å²) < 4.78 is 10.7. The number of nitrogens with one attached hydrogen (secondary N) is 2. The van der Waals surface area contributed by atoms with Gasteiger partial charge in [0.25, 0.3) is 5.69 Å². The molecule has 2 N–H and O–H groups in total. The van der Waals surface area contributed by atoms with E-state index >= 15 is 0 Å². The first-order valence-electron chi connectivity index (χ1n) is 9.02. The van der Waals surface area contributed by atoms with Gasteiger partial charge in [-0.15, -0.1) is 0 Å². The van der Waals surface area contributed by atoms with Crippen molar-refractivity contribution in [2.45, 2.75) is 38.7 Å². The van der Waals surface area contributed by atoms with Crippen LogP contribution >= 0.6 is 12.2 Å². The van der Waals surface area contributed by atoms with Crippen LogP contribution < -0.4 is 10.6 Å². The third-order valence-corrected chi connectivity index (χ3v) is 4.33. The zero-order valence-corrected chi connectivity index (χ0v) is 16.3. The number of amides is 1. The Hall–Kier alpha value is -2.59. The van der Waals surface area contributed by atoms with Crippen LogP contribution in [0, 0.1) is 16.0 Å². The van der Waals surface area contributed by atoms with Crippen molar-refractivity contribution in [3.8, 4) is 0 Å². The van der Waals surface area contributed by atoms with Crippen LogP contribution in [0.5, 0.6) is 0 Å². The van der Waals surface area contributed by atoms with Crippen LogP contribution in [0.2, 0.25) is 0 Å². The molecule has 10 heteroatoms. The van der Waals surface area contributed by atoms with E-state index in [1.807, 2.05) is 0 Å². The second kappa shape index (κ2) is 10.7. The van der Waals surface area contributed by atoms with Gasteiger partial charge in [-0.1, -0.05) is 13.3 Å². The van der Waals surface area contributed by atoms with E-state index in [1.165, 1.54) is 24.3 Å². The maximum Gasteiger partial charge on any atom is 0.309 e. The zero-order chi connectivity index (χ0) is 20.5. The molecular formula is C18H23N3O6S.